The number of methoxy groups -OCH3 is 1. The highest BCUT2D eigenvalue weighted by Gasteiger charge is 2.23. The van der Waals surface area contributed by atoms with Gasteiger partial charge in [-0.15, -0.1) is 0 Å². The first-order valence-corrected chi connectivity index (χ1v) is 12.3. The van der Waals surface area contributed by atoms with Crippen LogP contribution in [-0.4, -0.2) is 81.1 Å². The fraction of sp³-hybridized carbons (Fsp3) is 0.450. The van der Waals surface area contributed by atoms with Crippen molar-refractivity contribution < 1.29 is 32.6 Å². The maximum absolute atomic E-state index is 13.0. The topological polar surface area (TPSA) is 140 Å². The van der Waals surface area contributed by atoms with Crippen LogP contribution in [0.4, 0.5) is 5.13 Å². The Morgan fingerprint density at radius 2 is 2.15 bits per heavy atom. The molecule has 0 unspecified atom stereocenters. The predicted molar refractivity (Wildman–Crippen MR) is 122 cm³/mol. The van der Waals surface area contributed by atoms with Crippen molar-refractivity contribution in [1.29, 1.82) is 0 Å². The standard InChI is InChI=1S/C20H26N4O7S2/c1-24(8-9-25)33(27,28)17-5-3-14(4-6-17)18(23-31-15-7-10-30-12-15)19(26)22-20-21-11-16(32-20)13-29-2/h3-6,11,15,25H,7-10,12-13H2,1-2H3,(H,21,22,26)/b23-18+/t15-/m1/s1. The molecule has 3 rings (SSSR count). The number of hydrogen-bond acceptors (Lipinski definition) is 10. The average molecular weight is 499 g/mol. The number of aliphatic hydroxyl groups excluding tert-OH is 1. The number of anilines is 1. The number of sulfonamides is 1. The minimum Gasteiger partial charge on any atom is -0.395 e. The van der Waals surface area contributed by atoms with E-state index in [0.717, 1.165) is 9.18 Å². The molecule has 180 valence electrons. The van der Waals surface area contributed by atoms with Crippen LogP contribution in [0.2, 0.25) is 0 Å². The second-order valence-corrected chi connectivity index (χ2v) is 10.3. The third-order valence-corrected chi connectivity index (χ3v) is 7.46. The molecule has 1 aliphatic rings. The molecule has 11 nitrogen and oxygen atoms in total. The number of nitrogens with zero attached hydrogens (tertiary/aromatic N) is 3. The first-order valence-electron chi connectivity index (χ1n) is 10.1. The maximum atomic E-state index is 13.0. The molecule has 0 aliphatic carbocycles. The molecule has 0 bridgehead atoms. The van der Waals surface area contributed by atoms with Gasteiger partial charge in [-0.25, -0.2) is 13.4 Å². The summed E-state index contributed by atoms with van der Waals surface area (Å²) < 4.78 is 36.5. The number of benzene rings is 1. The molecule has 2 aromatic rings. The van der Waals surface area contributed by atoms with E-state index in [2.05, 4.69) is 15.5 Å². The molecule has 0 spiro atoms. The van der Waals surface area contributed by atoms with Crippen LogP contribution in [0.15, 0.2) is 40.5 Å². The van der Waals surface area contributed by atoms with Gasteiger partial charge in [0.05, 0.1) is 36.2 Å². The van der Waals surface area contributed by atoms with E-state index in [-0.39, 0.29) is 29.9 Å². The van der Waals surface area contributed by atoms with E-state index >= 15 is 0 Å². The van der Waals surface area contributed by atoms with Gasteiger partial charge in [-0.05, 0) is 12.1 Å². The Kier molecular flexibility index (Phi) is 8.88. The van der Waals surface area contributed by atoms with Gasteiger partial charge >= 0.3 is 0 Å². The molecule has 33 heavy (non-hydrogen) atoms. The van der Waals surface area contributed by atoms with Gasteiger partial charge in [0, 0.05) is 38.9 Å². The number of carbonyl (C=O) groups excluding carboxylic acids is 1. The van der Waals surface area contributed by atoms with Crippen molar-refractivity contribution in [2.75, 3.05) is 45.8 Å². The van der Waals surface area contributed by atoms with E-state index < -0.39 is 15.9 Å². The number of likely N-dealkylation sites (N-methyl/N-ethyl adjacent to an activating group) is 1. The molecule has 1 atom stereocenters. The third-order valence-electron chi connectivity index (χ3n) is 4.71. The lowest BCUT2D eigenvalue weighted by molar-refractivity contribution is -0.110. The number of rotatable bonds is 11. The van der Waals surface area contributed by atoms with Crippen LogP contribution in [0.5, 0.6) is 0 Å². The van der Waals surface area contributed by atoms with Gasteiger partial charge in [-0.3, -0.25) is 10.1 Å². The zero-order chi connectivity index (χ0) is 23.8. The molecule has 1 aliphatic heterocycles. The van der Waals surface area contributed by atoms with E-state index in [9.17, 15) is 13.2 Å². The van der Waals surface area contributed by atoms with Gasteiger partial charge in [0.25, 0.3) is 5.91 Å². The highest BCUT2D eigenvalue weighted by molar-refractivity contribution is 7.89. The van der Waals surface area contributed by atoms with Crippen LogP contribution in [0.25, 0.3) is 0 Å². The van der Waals surface area contributed by atoms with Gasteiger partial charge < -0.3 is 19.4 Å². The molecule has 13 heteroatoms. The Balaban J connectivity index is 1.83. The number of ether oxygens (including phenoxy) is 2. The number of oxime groups is 1. The SMILES string of the molecule is COCc1cnc(NC(=O)/C(=N/O[C@@H]2CCOC2)c2ccc(S(=O)(=O)N(C)CCO)cc2)s1. The summed E-state index contributed by atoms with van der Waals surface area (Å²) in [6.07, 6.45) is 1.99. The van der Waals surface area contributed by atoms with Crippen molar-refractivity contribution in [2.45, 2.75) is 24.0 Å². The largest absolute Gasteiger partial charge is 0.395 e. The highest BCUT2D eigenvalue weighted by Crippen LogP contribution is 2.20. The third kappa shape index (κ3) is 6.56. The average Bonchev–Trinajstić information content (AvgIpc) is 3.47. The van der Waals surface area contributed by atoms with Crippen LogP contribution in [0.1, 0.15) is 16.9 Å². The van der Waals surface area contributed by atoms with Gasteiger partial charge in [0.2, 0.25) is 10.0 Å². The van der Waals surface area contributed by atoms with E-state index in [1.807, 2.05) is 0 Å². The Morgan fingerprint density at radius 3 is 2.79 bits per heavy atom. The van der Waals surface area contributed by atoms with Crippen molar-refractivity contribution in [1.82, 2.24) is 9.29 Å². The summed E-state index contributed by atoms with van der Waals surface area (Å²) in [6.45, 7) is 0.974. The number of carbonyl (C=O) groups is 1. The molecular weight excluding hydrogens is 472 g/mol. The van der Waals surface area contributed by atoms with Crippen molar-refractivity contribution in [2.24, 2.45) is 5.16 Å². The quantitative estimate of drug-likeness (QED) is 0.346. The predicted octanol–water partition coefficient (Wildman–Crippen LogP) is 1.05. The van der Waals surface area contributed by atoms with Gasteiger partial charge in [-0.1, -0.05) is 28.6 Å². The molecule has 2 heterocycles. The van der Waals surface area contributed by atoms with Crippen molar-refractivity contribution in [3.63, 3.8) is 0 Å². The maximum Gasteiger partial charge on any atom is 0.280 e. The molecule has 1 aromatic carbocycles. The zero-order valence-corrected chi connectivity index (χ0v) is 19.9. The van der Waals surface area contributed by atoms with Crippen LogP contribution in [0.3, 0.4) is 0 Å². The van der Waals surface area contributed by atoms with Crippen molar-refractivity contribution >= 4 is 38.1 Å². The van der Waals surface area contributed by atoms with E-state index in [1.54, 1.807) is 13.3 Å². The summed E-state index contributed by atoms with van der Waals surface area (Å²) in [5.41, 5.74) is 0.335. The summed E-state index contributed by atoms with van der Waals surface area (Å²) in [7, 11) is -0.830. The molecular formula is C20H26N4O7S2. The zero-order valence-electron chi connectivity index (χ0n) is 18.3. The number of aromatic nitrogens is 1. The van der Waals surface area contributed by atoms with Crippen LogP contribution >= 0.6 is 11.3 Å². The molecule has 0 saturated carbocycles. The number of nitrogens with one attached hydrogen (secondary N) is 1. The number of hydrogen-bond donors (Lipinski definition) is 2. The van der Waals surface area contributed by atoms with Gasteiger partial charge in [-0.2, -0.15) is 4.31 Å². The monoisotopic (exact) mass is 498 g/mol. The molecule has 1 aromatic heterocycles. The summed E-state index contributed by atoms with van der Waals surface area (Å²) in [5.74, 6) is -0.555. The second-order valence-electron chi connectivity index (χ2n) is 7.12. The molecule has 2 N–H and O–H groups in total. The van der Waals surface area contributed by atoms with Crippen LogP contribution < -0.4 is 5.32 Å². The van der Waals surface area contributed by atoms with E-state index in [4.69, 9.17) is 19.4 Å². The lowest BCUT2D eigenvalue weighted by Crippen LogP contribution is -2.29. The van der Waals surface area contributed by atoms with Gasteiger partial charge in [0.1, 0.15) is 0 Å². The van der Waals surface area contributed by atoms with E-state index in [0.29, 0.717) is 36.9 Å². The Morgan fingerprint density at radius 1 is 1.39 bits per heavy atom. The summed E-state index contributed by atoms with van der Waals surface area (Å²) in [4.78, 5) is 23.5. The van der Waals surface area contributed by atoms with E-state index in [1.165, 1.54) is 42.6 Å². The lowest BCUT2D eigenvalue weighted by Gasteiger charge is -2.16. The second kappa shape index (κ2) is 11.6. The summed E-state index contributed by atoms with van der Waals surface area (Å²) >= 11 is 1.27. The number of amides is 1. The summed E-state index contributed by atoms with van der Waals surface area (Å²) in [5, 5.41) is 16.1. The molecule has 1 saturated heterocycles. The highest BCUT2D eigenvalue weighted by atomic mass is 32.2. The van der Waals surface area contributed by atoms with Crippen molar-refractivity contribution in [3.8, 4) is 0 Å². The first kappa shape index (κ1) is 25.2. The normalized spacial score (nSPS) is 16.8. The van der Waals surface area contributed by atoms with Crippen molar-refractivity contribution in [3.05, 3.63) is 40.9 Å². The smallest absolute Gasteiger partial charge is 0.280 e. The fourth-order valence-electron chi connectivity index (χ4n) is 2.90. The van der Waals surface area contributed by atoms with Gasteiger partial charge in [0.15, 0.2) is 16.9 Å². The van der Waals surface area contributed by atoms with Crippen LogP contribution in [-0.2, 0) is 35.7 Å². The fourth-order valence-corrected chi connectivity index (χ4v) is 4.85. The minimum absolute atomic E-state index is 0.0243. The minimum atomic E-state index is -3.78. The lowest BCUT2D eigenvalue weighted by atomic mass is 10.1. The Bertz CT molecular complexity index is 1060. The first-order chi connectivity index (χ1) is 15.8. The number of aliphatic hydroxyl groups is 1. The Labute approximate surface area is 196 Å². The number of thiazole rings is 1. The summed E-state index contributed by atoms with van der Waals surface area (Å²) in [6, 6.07) is 5.70. The molecule has 1 fully saturated rings. The van der Waals surface area contributed by atoms with Crippen LogP contribution in [0, 0.1) is 0 Å². The molecule has 0 radical (unpaired) electrons. The Hall–Kier alpha value is -2.42. The molecule has 1 amide bonds.